The molecule has 2 aromatic carbocycles. The van der Waals surface area contributed by atoms with Gasteiger partial charge in [0, 0.05) is 24.6 Å². The van der Waals surface area contributed by atoms with Crippen LogP contribution in [0.3, 0.4) is 0 Å². The maximum absolute atomic E-state index is 9.45. The van der Waals surface area contributed by atoms with Gasteiger partial charge in [-0.3, -0.25) is 4.98 Å². The number of aromatic hydroxyl groups is 1. The molecule has 1 aliphatic carbocycles. The van der Waals surface area contributed by atoms with Gasteiger partial charge in [0.15, 0.2) is 11.5 Å². The highest BCUT2D eigenvalue weighted by Crippen LogP contribution is 2.36. The molecule has 3 aromatic rings. The van der Waals surface area contributed by atoms with E-state index in [0.29, 0.717) is 6.54 Å². The molecule has 150 valence electrons. The Balaban J connectivity index is 1.58. The minimum Gasteiger partial charge on any atom is -0.508 e. The van der Waals surface area contributed by atoms with Gasteiger partial charge in [0.25, 0.3) is 0 Å². The highest BCUT2D eigenvalue weighted by molar-refractivity contribution is 5.70. The topological polar surface area (TPSA) is 63.6 Å². The lowest BCUT2D eigenvalue weighted by atomic mass is 10.0. The molecule has 4 rings (SSSR count). The Labute approximate surface area is 171 Å². The van der Waals surface area contributed by atoms with E-state index in [-0.39, 0.29) is 11.9 Å². The molecule has 0 unspecified atom stereocenters. The number of anilines is 1. The highest BCUT2D eigenvalue weighted by Gasteiger charge is 2.19. The van der Waals surface area contributed by atoms with Gasteiger partial charge in [-0.15, -0.1) is 0 Å². The molecule has 0 spiro atoms. The van der Waals surface area contributed by atoms with Crippen molar-refractivity contribution in [3.05, 3.63) is 66.5 Å². The third-order valence-electron chi connectivity index (χ3n) is 5.32. The van der Waals surface area contributed by atoms with Crippen LogP contribution >= 0.6 is 0 Å². The number of nitrogens with zero attached hydrogens (tertiary/aromatic N) is 1. The van der Waals surface area contributed by atoms with Gasteiger partial charge in [-0.2, -0.15) is 0 Å². The Kier molecular flexibility index (Phi) is 5.84. The molecule has 29 heavy (non-hydrogen) atoms. The van der Waals surface area contributed by atoms with Gasteiger partial charge >= 0.3 is 0 Å². The summed E-state index contributed by atoms with van der Waals surface area (Å²) >= 11 is 0. The first-order valence-electron chi connectivity index (χ1n) is 10.0. The Hall–Kier alpha value is -3.21. The molecule has 0 aliphatic heterocycles. The van der Waals surface area contributed by atoms with E-state index in [1.165, 1.54) is 12.8 Å². The molecular weight excluding hydrogens is 364 g/mol. The Morgan fingerprint density at radius 3 is 2.59 bits per heavy atom. The second-order valence-corrected chi connectivity index (χ2v) is 7.32. The Bertz CT molecular complexity index is 951. The lowest BCUT2D eigenvalue weighted by molar-refractivity contribution is 0.201. The summed E-state index contributed by atoms with van der Waals surface area (Å²) in [6, 6.07) is 15.2. The van der Waals surface area contributed by atoms with Crippen LogP contribution in [-0.4, -0.2) is 23.3 Å². The molecule has 1 fully saturated rings. The number of hydrogen-bond acceptors (Lipinski definition) is 5. The number of hydrogen-bond donors (Lipinski definition) is 2. The number of rotatable bonds is 7. The molecule has 1 saturated carbocycles. The number of aromatic nitrogens is 1. The number of phenols is 1. The van der Waals surface area contributed by atoms with Crippen LogP contribution in [0.15, 0.2) is 60.9 Å². The number of phenolic OH excluding ortho intramolecular Hbond substituents is 1. The van der Waals surface area contributed by atoms with Crippen LogP contribution in [0.2, 0.25) is 0 Å². The normalized spacial score (nSPS) is 14.0. The fourth-order valence-electron chi connectivity index (χ4n) is 3.75. The lowest BCUT2D eigenvalue weighted by Gasteiger charge is -2.18. The molecule has 0 saturated heterocycles. The SMILES string of the molecule is COc1ccc(-c2ccncc2CNc2ccc(O)cc2)cc1OC1CCCC1. The predicted octanol–water partition coefficient (Wildman–Crippen LogP) is 5.40. The van der Waals surface area contributed by atoms with Crippen LogP contribution in [0, 0.1) is 0 Å². The van der Waals surface area contributed by atoms with E-state index in [9.17, 15) is 5.11 Å². The number of ether oxygens (including phenoxy) is 2. The van der Waals surface area contributed by atoms with Crippen molar-refractivity contribution in [2.75, 3.05) is 12.4 Å². The molecule has 0 radical (unpaired) electrons. The lowest BCUT2D eigenvalue weighted by Crippen LogP contribution is -2.11. The zero-order valence-electron chi connectivity index (χ0n) is 16.6. The van der Waals surface area contributed by atoms with Gasteiger partial charge in [0.2, 0.25) is 0 Å². The quantitative estimate of drug-likeness (QED) is 0.529. The summed E-state index contributed by atoms with van der Waals surface area (Å²) in [5.41, 5.74) is 4.20. The van der Waals surface area contributed by atoms with E-state index in [1.807, 2.05) is 30.5 Å². The first-order chi connectivity index (χ1) is 14.2. The van der Waals surface area contributed by atoms with Crippen LogP contribution in [0.4, 0.5) is 5.69 Å². The van der Waals surface area contributed by atoms with Crippen molar-refractivity contribution >= 4 is 5.69 Å². The molecule has 0 atom stereocenters. The Morgan fingerprint density at radius 1 is 1.03 bits per heavy atom. The number of pyridine rings is 1. The van der Waals surface area contributed by atoms with E-state index in [0.717, 1.165) is 46.7 Å². The molecule has 1 heterocycles. The third kappa shape index (κ3) is 4.62. The van der Waals surface area contributed by atoms with Crippen molar-refractivity contribution in [3.63, 3.8) is 0 Å². The molecule has 1 aromatic heterocycles. The second-order valence-electron chi connectivity index (χ2n) is 7.32. The molecule has 0 amide bonds. The first-order valence-corrected chi connectivity index (χ1v) is 10.0. The smallest absolute Gasteiger partial charge is 0.162 e. The fraction of sp³-hybridized carbons (Fsp3) is 0.292. The van der Waals surface area contributed by atoms with Gasteiger partial charge < -0.3 is 19.9 Å². The van der Waals surface area contributed by atoms with E-state index in [4.69, 9.17) is 9.47 Å². The van der Waals surface area contributed by atoms with Gasteiger partial charge in [0.05, 0.1) is 13.2 Å². The first kappa shape index (κ1) is 19.1. The zero-order chi connectivity index (χ0) is 20.1. The summed E-state index contributed by atoms with van der Waals surface area (Å²) in [6.45, 7) is 0.624. The van der Waals surface area contributed by atoms with Gasteiger partial charge in [-0.1, -0.05) is 6.07 Å². The summed E-state index contributed by atoms with van der Waals surface area (Å²) in [6.07, 6.45) is 8.61. The van der Waals surface area contributed by atoms with E-state index < -0.39 is 0 Å². The maximum Gasteiger partial charge on any atom is 0.162 e. The average molecular weight is 390 g/mol. The fourth-order valence-corrected chi connectivity index (χ4v) is 3.75. The molecule has 5 nitrogen and oxygen atoms in total. The maximum atomic E-state index is 9.45. The van der Waals surface area contributed by atoms with Gasteiger partial charge in [0.1, 0.15) is 5.75 Å². The van der Waals surface area contributed by atoms with Crippen LogP contribution < -0.4 is 14.8 Å². The highest BCUT2D eigenvalue weighted by atomic mass is 16.5. The molecular formula is C24H26N2O3. The average Bonchev–Trinajstić information content (AvgIpc) is 3.27. The van der Waals surface area contributed by atoms with Crippen molar-refractivity contribution < 1.29 is 14.6 Å². The third-order valence-corrected chi connectivity index (χ3v) is 5.32. The monoisotopic (exact) mass is 390 g/mol. The van der Waals surface area contributed by atoms with Crippen LogP contribution in [0.25, 0.3) is 11.1 Å². The van der Waals surface area contributed by atoms with Crippen molar-refractivity contribution in [1.29, 1.82) is 0 Å². The molecule has 2 N–H and O–H groups in total. The van der Waals surface area contributed by atoms with Crippen LogP contribution in [0.5, 0.6) is 17.2 Å². The van der Waals surface area contributed by atoms with Gasteiger partial charge in [-0.05, 0) is 84.8 Å². The minimum atomic E-state index is 0.255. The summed E-state index contributed by atoms with van der Waals surface area (Å²) in [4.78, 5) is 4.30. The second kappa shape index (κ2) is 8.86. The Morgan fingerprint density at radius 2 is 1.83 bits per heavy atom. The summed E-state index contributed by atoms with van der Waals surface area (Å²) < 4.78 is 11.8. The number of methoxy groups -OCH3 is 1. The van der Waals surface area contributed by atoms with Crippen molar-refractivity contribution in [1.82, 2.24) is 4.98 Å². The summed E-state index contributed by atoms with van der Waals surface area (Å²) in [5.74, 6) is 1.82. The van der Waals surface area contributed by atoms with E-state index >= 15 is 0 Å². The van der Waals surface area contributed by atoms with Crippen molar-refractivity contribution in [2.24, 2.45) is 0 Å². The van der Waals surface area contributed by atoms with E-state index in [1.54, 1.807) is 25.4 Å². The summed E-state index contributed by atoms with van der Waals surface area (Å²) in [5, 5.41) is 12.8. The standard InChI is InChI=1S/C24H26N2O3/c1-28-23-11-6-17(14-24(23)29-21-4-2-3-5-21)22-12-13-25-15-18(22)16-26-19-7-9-20(27)10-8-19/h6-15,21,26-27H,2-5,16H2,1H3. The minimum absolute atomic E-state index is 0.255. The summed E-state index contributed by atoms with van der Waals surface area (Å²) in [7, 11) is 1.68. The zero-order valence-corrected chi connectivity index (χ0v) is 16.6. The molecule has 1 aliphatic rings. The van der Waals surface area contributed by atoms with Crippen molar-refractivity contribution in [2.45, 2.75) is 38.3 Å². The van der Waals surface area contributed by atoms with Gasteiger partial charge in [-0.25, -0.2) is 0 Å². The molecule has 5 heteroatoms. The molecule has 0 bridgehead atoms. The van der Waals surface area contributed by atoms with Crippen LogP contribution in [0.1, 0.15) is 31.2 Å². The largest absolute Gasteiger partial charge is 0.508 e. The van der Waals surface area contributed by atoms with Crippen LogP contribution in [-0.2, 0) is 6.54 Å². The van der Waals surface area contributed by atoms with Crippen molar-refractivity contribution in [3.8, 4) is 28.4 Å². The number of benzene rings is 2. The number of nitrogens with one attached hydrogen (secondary N) is 1. The van der Waals surface area contributed by atoms with E-state index in [2.05, 4.69) is 22.4 Å². The predicted molar refractivity (Wildman–Crippen MR) is 115 cm³/mol.